The molecule has 1 aromatic heterocycles. The van der Waals surface area contributed by atoms with Crippen LogP contribution in [0.5, 0.6) is 0 Å². The third-order valence-corrected chi connectivity index (χ3v) is 7.50. The summed E-state index contributed by atoms with van der Waals surface area (Å²) >= 11 is 7.88. The molecule has 2 aliphatic carbocycles. The van der Waals surface area contributed by atoms with Crippen molar-refractivity contribution in [2.75, 3.05) is 5.32 Å². The van der Waals surface area contributed by atoms with Crippen LogP contribution in [0, 0.1) is 5.92 Å². The van der Waals surface area contributed by atoms with Gasteiger partial charge in [0.05, 0.1) is 5.56 Å². The Morgan fingerprint density at radius 3 is 2.69 bits per heavy atom. The molecule has 26 heavy (non-hydrogen) atoms. The summed E-state index contributed by atoms with van der Waals surface area (Å²) < 4.78 is 0. The van der Waals surface area contributed by atoms with E-state index in [0.717, 1.165) is 52.8 Å². The maximum Gasteiger partial charge on any atom is 0.259 e. The van der Waals surface area contributed by atoms with E-state index in [1.807, 2.05) is 35.6 Å². The molecule has 1 N–H and O–H groups in total. The van der Waals surface area contributed by atoms with Gasteiger partial charge >= 0.3 is 0 Å². The van der Waals surface area contributed by atoms with Gasteiger partial charge in [-0.15, -0.1) is 11.3 Å². The Kier molecular flexibility index (Phi) is 4.02. The standard InChI is InChI=1S/C21H23ClN2OS/c1-2-12-3-10-16-17(11-12)26-20-18(16)21(25)24(15-8-9-15)19(23-20)13-4-6-14(22)7-5-13/h4-7,12,15,19,23H,2-3,8-11H2,1H3. The molecule has 1 aromatic carbocycles. The molecule has 0 saturated heterocycles. The second-order valence-corrected chi connectivity index (χ2v) is 9.31. The summed E-state index contributed by atoms with van der Waals surface area (Å²) in [4.78, 5) is 17.0. The first kappa shape index (κ1) is 16.6. The van der Waals surface area contributed by atoms with Crippen LogP contribution in [0.4, 0.5) is 5.00 Å². The molecule has 0 radical (unpaired) electrons. The quantitative estimate of drug-likeness (QED) is 0.739. The molecule has 1 aliphatic heterocycles. The lowest BCUT2D eigenvalue weighted by molar-refractivity contribution is 0.0666. The second kappa shape index (κ2) is 6.28. The molecule has 1 saturated carbocycles. The molecule has 1 fully saturated rings. The number of anilines is 1. The van der Waals surface area contributed by atoms with Crippen molar-refractivity contribution >= 4 is 33.8 Å². The third-order valence-electron chi connectivity index (χ3n) is 6.07. The molecular weight excluding hydrogens is 364 g/mol. The minimum atomic E-state index is -0.0816. The minimum absolute atomic E-state index is 0.0816. The van der Waals surface area contributed by atoms with Crippen LogP contribution < -0.4 is 5.32 Å². The molecule has 0 bridgehead atoms. The van der Waals surface area contributed by atoms with Crippen LogP contribution in [0.15, 0.2) is 24.3 Å². The number of rotatable bonds is 3. The fourth-order valence-corrected chi connectivity index (χ4v) is 5.89. The van der Waals surface area contributed by atoms with Gasteiger partial charge in [0.1, 0.15) is 11.2 Å². The summed E-state index contributed by atoms with van der Waals surface area (Å²) in [6.07, 6.45) is 6.76. The summed E-state index contributed by atoms with van der Waals surface area (Å²) in [5.74, 6) is 0.998. The highest BCUT2D eigenvalue weighted by Gasteiger charge is 2.44. The van der Waals surface area contributed by atoms with Crippen LogP contribution in [0.25, 0.3) is 0 Å². The van der Waals surface area contributed by atoms with Gasteiger partial charge in [0.25, 0.3) is 5.91 Å². The monoisotopic (exact) mass is 386 g/mol. The number of nitrogens with one attached hydrogen (secondary N) is 1. The van der Waals surface area contributed by atoms with Crippen molar-refractivity contribution in [3.8, 4) is 0 Å². The van der Waals surface area contributed by atoms with Crippen molar-refractivity contribution in [2.24, 2.45) is 5.92 Å². The van der Waals surface area contributed by atoms with E-state index in [1.54, 1.807) is 0 Å². The molecule has 5 heteroatoms. The average molecular weight is 387 g/mol. The van der Waals surface area contributed by atoms with E-state index in [4.69, 9.17) is 11.6 Å². The number of thiophene rings is 1. The Morgan fingerprint density at radius 2 is 2.00 bits per heavy atom. The molecule has 3 nitrogen and oxygen atoms in total. The van der Waals surface area contributed by atoms with Gasteiger partial charge in [-0.25, -0.2) is 0 Å². The van der Waals surface area contributed by atoms with Crippen molar-refractivity contribution in [3.63, 3.8) is 0 Å². The maximum atomic E-state index is 13.5. The lowest BCUT2D eigenvalue weighted by atomic mass is 9.85. The number of hydrogen-bond acceptors (Lipinski definition) is 3. The Hall–Kier alpha value is -1.52. The zero-order valence-electron chi connectivity index (χ0n) is 14.9. The lowest BCUT2D eigenvalue weighted by Crippen LogP contribution is -2.44. The van der Waals surface area contributed by atoms with Gasteiger partial charge in [0, 0.05) is 15.9 Å². The molecule has 1 amide bonds. The molecule has 3 aliphatic rings. The predicted molar refractivity (Wildman–Crippen MR) is 107 cm³/mol. The highest BCUT2D eigenvalue weighted by molar-refractivity contribution is 7.16. The highest BCUT2D eigenvalue weighted by Crippen LogP contribution is 2.48. The van der Waals surface area contributed by atoms with E-state index < -0.39 is 0 Å². The Bertz CT molecular complexity index is 856. The number of carbonyl (C=O) groups is 1. The zero-order valence-corrected chi connectivity index (χ0v) is 16.5. The molecule has 2 atom stereocenters. The SMILES string of the molecule is CCC1CCc2c(sc3c2C(=O)N(C2CC2)C(c2ccc(Cl)cc2)N3)C1. The van der Waals surface area contributed by atoms with E-state index in [0.29, 0.717) is 6.04 Å². The largest absolute Gasteiger partial charge is 0.352 e. The fraction of sp³-hybridized carbons (Fsp3) is 0.476. The summed E-state index contributed by atoms with van der Waals surface area (Å²) in [6, 6.07) is 8.26. The number of amides is 1. The summed E-state index contributed by atoms with van der Waals surface area (Å²) in [5, 5.41) is 5.51. The Labute approximate surface area is 163 Å². The van der Waals surface area contributed by atoms with Crippen LogP contribution in [0.1, 0.15) is 65.1 Å². The third kappa shape index (κ3) is 2.66. The van der Waals surface area contributed by atoms with Gasteiger partial charge in [0.2, 0.25) is 0 Å². The second-order valence-electron chi connectivity index (χ2n) is 7.77. The number of fused-ring (bicyclic) bond motifs is 3. The summed E-state index contributed by atoms with van der Waals surface area (Å²) in [5.41, 5.74) is 3.40. The van der Waals surface area contributed by atoms with E-state index in [1.165, 1.54) is 23.3 Å². The van der Waals surface area contributed by atoms with Gasteiger partial charge in [-0.2, -0.15) is 0 Å². The average Bonchev–Trinajstić information content (AvgIpc) is 3.41. The molecule has 2 heterocycles. The van der Waals surface area contributed by atoms with E-state index in [2.05, 4.69) is 17.1 Å². The van der Waals surface area contributed by atoms with Crippen LogP contribution in [-0.2, 0) is 12.8 Å². The van der Waals surface area contributed by atoms with Crippen molar-refractivity contribution in [2.45, 2.75) is 57.7 Å². The van der Waals surface area contributed by atoms with Crippen LogP contribution >= 0.6 is 22.9 Å². The normalized spacial score (nSPS) is 24.8. The van der Waals surface area contributed by atoms with Gasteiger partial charge in [-0.3, -0.25) is 4.79 Å². The minimum Gasteiger partial charge on any atom is -0.352 e. The van der Waals surface area contributed by atoms with Gasteiger partial charge in [0.15, 0.2) is 0 Å². The smallest absolute Gasteiger partial charge is 0.259 e. The number of carbonyl (C=O) groups excluding carboxylic acids is 1. The number of benzene rings is 1. The number of halogens is 1. The Balaban J connectivity index is 1.56. The molecule has 0 spiro atoms. The molecule has 2 unspecified atom stereocenters. The van der Waals surface area contributed by atoms with E-state index in [9.17, 15) is 4.79 Å². The van der Waals surface area contributed by atoms with Crippen molar-refractivity contribution in [1.82, 2.24) is 4.90 Å². The topological polar surface area (TPSA) is 32.3 Å². The summed E-state index contributed by atoms with van der Waals surface area (Å²) in [6.45, 7) is 2.28. The highest BCUT2D eigenvalue weighted by atomic mass is 35.5. The molecular formula is C21H23ClN2OS. The first-order valence-corrected chi connectivity index (χ1v) is 10.8. The van der Waals surface area contributed by atoms with Crippen LogP contribution in [0.2, 0.25) is 5.02 Å². The number of hydrogen-bond donors (Lipinski definition) is 1. The first-order chi connectivity index (χ1) is 12.7. The molecule has 5 rings (SSSR count). The van der Waals surface area contributed by atoms with E-state index >= 15 is 0 Å². The fourth-order valence-electron chi connectivity index (χ4n) is 4.39. The summed E-state index contributed by atoms with van der Waals surface area (Å²) in [7, 11) is 0. The zero-order chi connectivity index (χ0) is 17.8. The van der Waals surface area contributed by atoms with Crippen LogP contribution in [0.3, 0.4) is 0 Å². The molecule has 136 valence electrons. The maximum absolute atomic E-state index is 13.5. The van der Waals surface area contributed by atoms with E-state index in [-0.39, 0.29) is 12.1 Å². The van der Waals surface area contributed by atoms with Crippen LogP contribution in [-0.4, -0.2) is 16.8 Å². The first-order valence-electron chi connectivity index (χ1n) is 9.65. The van der Waals surface area contributed by atoms with Crippen molar-refractivity contribution in [3.05, 3.63) is 50.9 Å². The van der Waals surface area contributed by atoms with Gasteiger partial charge in [-0.05, 0) is 61.3 Å². The van der Waals surface area contributed by atoms with Gasteiger partial charge in [-0.1, -0.05) is 37.1 Å². The predicted octanol–water partition coefficient (Wildman–Crippen LogP) is 5.65. The lowest BCUT2D eigenvalue weighted by Gasteiger charge is -2.37. The van der Waals surface area contributed by atoms with Gasteiger partial charge < -0.3 is 10.2 Å². The number of nitrogens with zero attached hydrogens (tertiary/aromatic N) is 1. The van der Waals surface area contributed by atoms with Crippen molar-refractivity contribution in [1.29, 1.82) is 0 Å². The molecule has 2 aromatic rings. The van der Waals surface area contributed by atoms with Crippen molar-refractivity contribution < 1.29 is 4.79 Å². The Morgan fingerprint density at radius 1 is 1.23 bits per heavy atom.